The average Bonchev–Trinajstić information content (AvgIpc) is 2.14. The van der Waals surface area contributed by atoms with Gasteiger partial charge in [0.15, 0.2) is 18.4 Å². The molecule has 0 saturated carbocycles. The van der Waals surface area contributed by atoms with Crippen LogP contribution in [0.4, 0.5) is 5.88 Å². The molecule has 0 fully saturated rings. The number of rotatable bonds is 1. The minimum atomic E-state index is 0.0694. The molecule has 0 aliphatic carbocycles. The summed E-state index contributed by atoms with van der Waals surface area (Å²) in [7, 11) is 0. The molecule has 0 aliphatic rings. The molecule has 0 saturated heterocycles. The van der Waals surface area contributed by atoms with Crippen LogP contribution in [0.5, 0.6) is 0 Å². The zero-order valence-corrected chi connectivity index (χ0v) is 4.00. The van der Waals surface area contributed by atoms with Gasteiger partial charge in [-0.3, -0.25) is 4.79 Å². The molecule has 42 valence electrons. The third-order valence-corrected chi connectivity index (χ3v) is 0.736. The normalized spacial score (nSPS) is 9.00. The lowest BCUT2D eigenvalue weighted by atomic mass is 10.5. The molecule has 0 atom stereocenters. The van der Waals surface area contributed by atoms with Crippen molar-refractivity contribution >= 4 is 12.2 Å². The van der Waals surface area contributed by atoms with Crippen LogP contribution in [0.25, 0.3) is 0 Å². The van der Waals surface area contributed by atoms with Crippen LogP contribution in [0.3, 0.4) is 0 Å². The molecular formula is C4H4N2O2. The van der Waals surface area contributed by atoms with Gasteiger partial charge in [-0.1, -0.05) is 0 Å². The highest BCUT2D eigenvalue weighted by atomic mass is 16.3. The molecule has 1 aromatic rings. The summed E-state index contributed by atoms with van der Waals surface area (Å²) in [6.45, 7) is 0. The van der Waals surface area contributed by atoms with Gasteiger partial charge in [0.1, 0.15) is 0 Å². The Morgan fingerprint density at radius 2 is 2.62 bits per heavy atom. The SMILES string of the molecule is Nc1ocnc1C=O. The fourth-order valence-electron chi connectivity index (χ4n) is 0.352. The van der Waals surface area contributed by atoms with E-state index in [9.17, 15) is 4.79 Å². The van der Waals surface area contributed by atoms with Crippen LogP contribution in [0.15, 0.2) is 10.8 Å². The topological polar surface area (TPSA) is 69.1 Å². The van der Waals surface area contributed by atoms with Crippen molar-refractivity contribution in [2.24, 2.45) is 0 Å². The van der Waals surface area contributed by atoms with E-state index in [1.54, 1.807) is 0 Å². The van der Waals surface area contributed by atoms with Crippen molar-refractivity contribution in [3.05, 3.63) is 12.1 Å². The summed E-state index contributed by atoms with van der Waals surface area (Å²) < 4.78 is 4.49. The van der Waals surface area contributed by atoms with Gasteiger partial charge in [0.2, 0.25) is 5.88 Å². The van der Waals surface area contributed by atoms with Crippen molar-refractivity contribution in [2.45, 2.75) is 0 Å². The van der Waals surface area contributed by atoms with Gasteiger partial charge in [0, 0.05) is 0 Å². The summed E-state index contributed by atoms with van der Waals surface area (Å²) in [5, 5.41) is 0. The van der Waals surface area contributed by atoms with Crippen molar-refractivity contribution in [3.63, 3.8) is 0 Å². The van der Waals surface area contributed by atoms with Crippen LogP contribution in [0.1, 0.15) is 10.5 Å². The van der Waals surface area contributed by atoms with E-state index in [4.69, 9.17) is 5.73 Å². The quantitative estimate of drug-likeness (QED) is 0.522. The Bertz CT molecular complexity index is 194. The van der Waals surface area contributed by atoms with Crippen molar-refractivity contribution in [1.29, 1.82) is 0 Å². The number of nitrogens with zero attached hydrogens (tertiary/aromatic N) is 1. The fraction of sp³-hybridized carbons (Fsp3) is 0. The monoisotopic (exact) mass is 112 g/mol. The third-order valence-electron chi connectivity index (χ3n) is 0.736. The van der Waals surface area contributed by atoms with E-state index in [-0.39, 0.29) is 11.6 Å². The Hall–Kier alpha value is -1.32. The maximum atomic E-state index is 9.89. The Balaban J connectivity index is 3.09. The lowest BCUT2D eigenvalue weighted by Gasteiger charge is -1.76. The number of carbonyl (C=O) groups is 1. The molecular weight excluding hydrogens is 108 g/mol. The van der Waals surface area contributed by atoms with Crippen molar-refractivity contribution in [2.75, 3.05) is 5.73 Å². The summed E-state index contributed by atoms with van der Waals surface area (Å²) in [5.41, 5.74) is 5.25. The fourth-order valence-corrected chi connectivity index (χ4v) is 0.352. The number of aromatic nitrogens is 1. The minimum Gasteiger partial charge on any atom is -0.428 e. The third kappa shape index (κ3) is 0.556. The van der Waals surface area contributed by atoms with Gasteiger partial charge < -0.3 is 10.2 Å². The molecule has 1 aromatic heterocycles. The van der Waals surface area contributed by atoms with Gasteiger partial charge in [0.05, 0.1) is 0 Å². The highest BCUT2D eigenvalue weighted by molar-refractivity contribution is 5.77. The predicted molar refractivity (Wildman–Crippen MR) is 26.3 cm³/mol. The van der Waals surface area contributed by atoms with E-state index in [0.717, 1.165) is 6.39 Å². The molecule has 4 heteroatoms. The summed E-state index contributed by atoms with van der Waals surface area (Å²) in [6.07, 6.45) is 1.66. The van der Waals surface area contributed by atoms with Gasteiger partial charge in [-0.05, 0) is 0 Å². The largest absolute Gasteiger partial charge is 0.428 e. The Morgan fingerprint density at radius 1 is 1.88 bits per heavy atom. The van der Waals surface area contributed by atoms with Crippen LogP contribution in [-0.2, 0) is 0 Å². The molecule has 8 heavy (non-hydrogen) atoms. The standard InChI is InChI=1S/C4H4N2O2/c5-4-3(1-7)6-2-8-4/h1-2H,5H2. The zero-order chi connectivity index (χ0) is 5.98. The number of aldehydes is 1. The van der Waals surface area contributed by atoms with E-state index in [0.29, 0.717) is 6.29 Å². The highest BCUT2D eigenvalue weighted by Gasteiger charge is 1.98. The first-order valence-electron chi connectivity index (χ1n) is 1.98. The molecule has 0 spiro atoms. The molecule has 0 amide bonds. The molecule has 2 N–H and O–H groups in total. The maximum Gasteiger partial charge on any atom is 0.221 e. The lowest BCUT2D eigenvalue weighted by molar-refractivity contribution is 0.112. The van der Waals surface area contributed by atoms with Gasteiger partial charge in [0.25, 0.3) is 0 Å². The summed E-state index contributed by atoms with van der Waals surface area (Å²) in [6, 6.07) is 0. The first-order chi connectivity index (χ1) is 3.84. The van der Waals surface area contributed by atoms with Crippen molar-refractivity contribution in [1.82, 2.24) is 4.98 Å². The number of hydrogen-bond acceptors (Lipinski definition) is 4. The average molecular weight is 112 g/mol. The van der Waals surface area contributed by atoms with E-state index >= 15 is 0 Å². The summed E-state index contributed by atoms with van der Waals surface area (Å²) >= 11 is 0. The summed E-state index contributed by atoms with van der Waals surface area (Å²) in [5.74, 6) is 0.0694. The Morgan fingerprint density at radius 3 is 2.88 bits per heavy atom. The second kappa shape index (κ2) is 1.65. The number of nitrogens with two attached hydrogens (primary N) is 1. The molecule has 0 unspecified atom stereocenters. The van der Waals surface area contributed by atoms with Crippen LogP contribution in [0.2, 0.25) is 0 Å². The second-order valence-corrected chi connectivity index (χ2v) is 1.22. The van der Waals surface area contributed by atoms with Crippen LogP contribution in [-0.4, -0.2) is 11.3 Å². The predicted octanol–water partition coefficient (Wildman–Crippen LogP) is 0.0693. The summed E-state index contributed by atoms with van der Waals surface area (Å²) in [4.78, 5) is 13.4. The molecule has 1 rings (SSSR count). The smallest absolute Gasteiger partial charge is 0.221 e. The zero-order valence-electron chi connectivity index (χ0n) is 4.00. The van der Waals surface area contributed by atoms with Crippen molar-refractivity contribution in [3.8, 4) is 0 Å². The number of anilines is 1. The molecule has 0 aliphatic heterocycles. The molecule has 0 radical (unpaired) electrons. The first-order valence-corrected chi connectivity index (χ1v) is 1.98. The van der Waals surface area contributed by atoms with Crippen molar-refractivity contribution < 1.29 is 9.21 Å². The lowest BCUT2D eigenvalue weighted by Crippen LogP contribution is -1.87. The minimum absolute atomic E-state index is 0.0694. The van der Waals surface area contributed by atoms with Gasteiger partial charge >= 0.3 is 0 Å². The molecule has 0 aromatic carbocycles. The van der Waals surface area contributed by atoms with Gasteiger partial charge in [-0.2, -0.15) is 0 Å². The molecule has 4 nitrogen and oxygen atoms in total. The van der Waals surface area contributed by atoms with Crippen LogP contribution in [0, 0.1) is 0 Å². The first kappa shape index (κ1) is 4.83. The number of oxazole rings is 1. The maximum absolute atomic E-state index is 9.89. The van der Waals surface area contributed by atoms with Gasteiger partial charge in [-0.25, -0.2) is 4.98 Å². The number of nitrogen functional groups attached to an aromatic ring is 1. The van der Waals surface area contributed by atoms with Gasteiger partial charge in [-0.15, -0.1) is 0 Å². The van der Waals surface area contributed by atoms with E-state index in [2.05, 4.69) is 9.40 Å². The van der Waals surface area contributed by atoms with Crippen LogP contribution < -0.4 is 5.73 Å². The van der Waals surface area contributed by atoms with E-state index in [1.165, 1.54) is 0 Å². The van der Waals surface area contributed by atoms with E-state index < -0.39 is 0 Å². The highest BCUT2D eigenvalue weighted by Crippen LogP contribution is 2.03. The molecule has 0 bridgehead atoms. The number of carbonyl (C=O) groups excluding carboxylic acids is 1. The van der Waals surface area contributed by atoms with E-state index in [1.807, 2.05) is 0 Å². The number of hydrogen-bond donors (Lipinski definition) is 1. The molecule has 1 heterocycles. The second-order valence-electron chi connectivity index (χ2n) is 1.22. The van der Waals surface area contributed by atoms with Crippen LogP contribution >= 0.6 is 0 Å². The Labute approximate surface area is 45.3 Å². The Kier molecular flexibility index (Phi) is 0.997.